The SMILES string of the molecule is COc1ccc2[nH]c(=O)c3c(oc4ccc(O)c(CN5CCCCC5)c43)c2c1. The van der Waals surface area contributed by atoms with Crippen molar-refractivity contribution in [3.05, 3.63) is 46.2 Å². The van der Waals surface area contributed by atoms with Gasteiger partial charge >= 0.3 is 0 Å². The molecule has 3 heterocycles. The van der Waals surface area contributed by atoms with E-state index in [4.69, 9.17) is 9.15 Å². The number of pyridine rings is 1. The fraction of sp³-hybridized carbons (Fsp3) is 0.318. The van der Waals surface area contributed by atoms with Gasteiger partial charge in [0, 0.05) is 22.9 Å². The predicted molar refractivity (Wildman–Crippen MR) is 109 cm³/mol. The number of aromatic amines is 1. The molecule has 4 aromatic rings. The number of H-pyrrole nitrogens is 1. The molecular formula is C22H22N2O4. The fourth-order valence-electron chi connectivity index (χ4n) is 4.29. The molecule has 2 aromatic carbocycles. The van der Waals surface area contributed by atoms with Gasteiger partial charge in [-0.2, -0.15) is 0 Å². The van der Waals surface area contributed by atoms with Gasteiger partial charge in [-0.15, -0.1) is 0 Å². The maximum Gasteiger partial charge on any atom is 0.260 e. The highest BCUT2D eigenvalue weighted by Gasteiger charge is 2.22. The molecule has 1 aliphatic heterocycles. The molecule has 0 bridgehead atoms. The number of methoxy groups -OCH3 is 1. The summed E-state index contributed by atoms with van der Waals surface area (Å²) in [6, 6.07) is 8.87. The average Bonchev–Trinajstić information content (AvgIpc) is 3.12. The first kappa shape index (κ1) is 17.1. The number of fused-ring (bicyclic) bond motifs is 5. The Labute approximate surface area is 161 Å². The van der Waals surface area contributed by atoms with Gasteiger partial charge in [0.25, 0.3) is 5.56 Å². The van der Waals surface area contributed by atoms with Gasteiger partial charge in [-0.3, -0.25) is 9.69 Å². The zero-order valence-electron chi connectivity index (χ0n) is 15.7. The molecule has 28 heavy (non-hydrogen) atoms. The second kappa shape index (κ2) is 6.56. The lowest BCUT2D eigenvalue weighted by Gasteiger charge is -2.26. The Kier molecular flexibility index (Phi) is 4.02. The molecule has 1 fully saturated rings. The lowest BCUT2D eigenvalue weighted by atomic mass is 10.0. The topological polar surface area (TPSA) is 78.7 Å². The number of hydrogen-bond donors (Lipinski definition) is 2. The number of hydrogen-bond acceptors (Lipinski definition) is 5. The van der Waals surface area contributed by atoms with E-state index < -0.39 is 0 Å². The third-order valence-electron chi connectivity index (χ3n) is 5.72. The zero-order chi connectivity index (χ0) is 19.3. The van der Waals surface area contributed by atoms with Gasteiger partial charge in [0.1, 0.15) is 22.7 Å². The molecular weight excluding hydrogens is 356 g/mol. The van der Waals surface area contributed by atoms with E-state index in [2.05, 4.69) is 9.88 Å². The monoisotopic (exact) mass is 378 g/mol. The lowest BCUT2D eigenvalue weighted by molar-refractivity contribution is 0.219. The van der Waals surface area contributed by atoms with Crippen LogP contribution in [0, 0.1) is 0 Å². The van der Waals surface area contributed by atoms with E-state index in [0.29, 0.717) is 39.7 Å². The van der Waals surface area contributed by atoms with Crippen molar-refractivity contribution in [1.29, 1.82) is 0 Å². The highest BCUT2D eigenvalue weighted by molar-refractivity contribution is 6.15. The third-order valence-corrected chi connectivity index (χ3v) is 5.72. The van der Waals surface area contributed by atoms with Crippen LogP contribution in [0.1, 0.15) is 24.8 Å². The maximum atomic E-state index is 12.9. The molecule has 1 saturated heterocycles. The Morgan fingerprint density at radius 1 is 1.14 bits per heavy atom. The van der Waals surface area contributed by atoms with Gasteiger partial charge in [-0.05, 0) is 56.3 Å². The van der Waals surface area contributed by atoms with Gasteiger partial charge in [-0.1, -0.05) is 6.42 Å². The number of benzene rings is 2. The summed E-state index contributed by atoms with van der Waals surface area (Å²) in [5, 5.41) is 12.6. The van der Waals surface area contributed by atoms with Crippen LogP contribution in [0.3, 0.4) is 0 Å². The van der Waals surface area contributed by atoms with E-state index in [-0.39, 0.29) is 11.3 Å². The molecule has 2 aromatic heterocycles. The van der Waals surface area contributed by atoms with Crippen molar-refractivity contribution in [3.8, 4) is 11.5 Å². The second-order valence-electron chi connectivity index (χ2n) is 7.45. The van der Waals surface area contributed by atoms with Crippen LogP contribution in [-0.2, 0) is 6.54 Å². The minimum atomic E-state index is -0.211. The molecule has 1 aliphatic rings. The molecule has 6 heteroatoms. The number of ether oxygens (including phenoxy) is 1. The number of aromatic hydroxyl groups is 1. The quantitative estimate of drug-likeness (QED) is 0.560. The molecule has 144 valence electrons. The maximum absolute atomic E-state index is 12.9. The van der Waals surface area contributed by atoms with Crippen LogP contribution in [-0.4, -0.2) is 35.2 Å². The summed E-state index contributed by atoms with van der Waals surface area (Å²) in [7, 11) is 1.61. The molecule has 0 atom stereocenters. The summed E-state index contributed by atoms with van der Waals surface area (Å²) in [4.78, 5) is 18.2. The standard InChI is InChI=1S/C22H22N2O4/c1-27-13-5-6-16-14(11-13)21-20(22(26)23-16)19-15(12-24-9-3-2-4-10-24)17(25)7-8-18(19)28-21/h5-8,11,25H,2-4,9-10,12H2,1H3,(H,23,26). The highest BCUT2D eigenvalue weighted by atomic mass is 16.5. The van der Waals surface area contributed by atoms with E-state index in [0.717, 1.165) is 36.9 Å². The fourth-order valence-corrected chi connectivity index (χ4v) is 4.29. The van der Waals surface area contributed by atoms with E-state index in [1.807, 2.05) is 12.1 Å². The Morgan fingerprint density at radius 3 is 2.75 bits per heavy atom. The number of aromatic nitrogens is 1. The summed E-state index contributed by atoms with van der Waals surface area (Å²) in [6.45, 7) is 2.61. The first-order valence-electron chi connectivity index (χ1n) is 9.65. The van der Waals surface area contributed by atoms with Crippen LogP contribution < -0.4 is 10.3 Å². The number of piperidine rings is 1. The Balaban J connectivity index is 1.81. The average molecular weight is 378 g/mol. The van der Waals surface area contributed by atoms with Gasteiger partial charge < -0.3 is 19.2 Å². The Morgan fingerprint density at radius 2 is 1.96 bits per heavy atom. The summed E-state index contributed by atoms with van der Waals surface area (Å²) in [6.07, 6.45) is 3.57. The van der Waals surface area contributed by atoms with E-state index in [1.165, 1.54) is 6.42 Å². The normalized spacial score (nSPS) is 15.6. The minimum Gasteiger partial charge on any atom is -0.508 e. The molecule has 5 rings (SSSR count). The second-order valence-corrected chi connectivity index (χ2v) is 7.45. The molecule has 6 nitrogen and oxygen atoms in total. The summed E-state index contributed by atoms with van der Waals surface area (Å²) >= 11 is 0. The number of rotatable bonds is 3. The highest BCUT2D eigenvalue weighted by Crippen LogP contribution is 2.38. The van der Waals surface area contributed by atoms with Crippen LogP contribution in [0.2, 0.25) is 0 Å². The van der Waals surface area contributed by atoms with Crippen molar-refractivity contribution in [1.82, 2.24) is 9.88 Å². The molecule has 0 spiro atoms. The largest absolute Gasteiger partial charge is 0.508 e. The van der Waals surface area contributed by atoms with Gasteiger partial charge in [0.05, 0.1) is 18.0 Å². The van der Waals surface area contributed by atoms with Crippen molar-refractivity contribution in [2.24, 2.45) is 0 Å². The zero-order valence-corrected chi connectivity index (χ0v) is 15.7. The van der Waals surface area contributed by atoms with Crippen LogP contribution >= 0.6 is 0 Å². The van der Waals surface area contributed by atoms with Crippen molar-refractivity contribution in [3.63, 3.8) is 0 Å². The van der Waals surface area contributed by atoms with Gasteiger partial charge in [0.15, 0.2) is 0 Å². The Hall–Kier alpha value is -2.99. The molecule has 0 radical (unpaired) electrons. The van der Waals surface area contributed by atoms with Crippen molar-refractivity contribution >= 4 is 32.8 Å². The van der Waals surface area contributed by atoms with Gasteiger partial charge in [-0.25, -0.2) is 0 Å². The molecule has 0 amide bonds. The first-order chi connectivity index (χ1) is 13.7. The van der Waals surface area contributed by atoms with Crippen LogP contribution in [0.25, 0.3) is 32.8 Å². The van der Waals surface area contributed by atoms with Crippen LogP contribution in [0.5, 0.6) is 11.5 Å². The van der Waals surface area contributed by atoms with Crippen molar-refractivity contribution in [2.45, 2.75) is 25.8 Å². The van der Waals surface area contributed by atoms with Crippen LogP contribution in [0.4, 0.5) is 0 Å². The number of phenolic OH excluding ortho intramolecular Hbond substituents is 1. The van der Waals surface area contributed by atoms with E-state index >= 15 is 0 Å². The predicted octanol–water partition coefficient (Wildman–Crippen LogP) is 4.13. The third kappa shape index (κ3) is 2.64. The summed E-state index contributed by atoms with van der Waals surface area (Å²) < 4.78 is 11.5. The summed E-state index contributed by atoms with van der Waals surface area (Å²) in [5.74, 6) is 0.892. The number of furan rings is 1. The van der Waals surface area contributed by atoms with E-state index in [1.54, 1.807) is 25.3 Å². The minimum absolute atomic E-state index is 0.200. The molecule has 2 N–H and O–H groups in total. The van der Waals surface area contributed by atoms with E-state index in [9.17, 15) is 9.90 Å². The van der Waals surface area contributed by atoms with Crippen LogP contribution in [0.15, 0.2) is 39.5 Å². The molecule has 0 unspecified atom stereocenters. The number of phenols is 1. The molecule has 0 aliphatic carbocycles. The Bertz CT molecular complexity index is 1250. The lowest BCUT2D eigenvalue weighted by Crippen LogP contribution is -2.29. The van der Waals surface area contributed by atoms with Crippen molar-refractivity contribution < 1.29 is 14.3 Å². The van der Waals surface area contributed by atoms with Gasteiger partial charge in [0.2, 0.25) is 0 Å². The number of likely N-dealkylation sites (tertiary alicyclic amines) is 1. The number of nitrogens with one attached hydrogen (secondary N) is 1. The molecule has 0 saturated carbocycles. The smallest absolute Gasteiger partial charge is 0.260 e. The summed E-state index contributed by atoms with van der Waals surface area (Å²) in [5.41, 5.74) is 2.38. The number of nitrogens with zero attached hydrogens (tertiary/aromatic N) is 1. The van der Waals surface area contributed by atoms with Crippen molar-refractivity contribution in [2.75, 3.05) is 20.2 Å². The first-order valence-corrected chi connectivity index (χ1v) is 9.65.